The van der Waals surface area contributed by atoms with E-state index < -0.39 is 11.2 Å². The van der Waals surface area contributed by atoms with Crippen LogP contribution in [0.3, 0.4) is 0 Å². The number of benzene rings is 4. The Labute approximate surface area is 375 Å². The summed E-state index contributed by atoms with van der Waals surface area (Å²) in [6, 6.07) is 33.3. The Bertz CT molecular complexity index is 2040. The van der Waals surface area contributed by atoms with Crippen molar-refractivity contribution < 1.29 is 18.9 Å². The molecule has 0 heterocycles. The summed E-state index contributed by atoms with van der Waals surface area (Å²) >= 11 is 0. The minimum absolute atomic E-state index is 0.175. The average Bonchev–Trinajstić information content (AvgIpc) is 3.20. The summed E-state index contributed by atoms with van der Waals surface area (Å²) in [5.74, 6) is 1.23. The van der Waals surface area contributed by atoms with Gasteiger partial charge in [0, 0.05) is 61.5 Å². The molecule has 0 saturated carbocycles. The fourth-order valence-electron chi connectivity index (χ4n) is 7.05. The van der Waals surface area contributed by atoms with Crippen molar-refractivity contribution in [1.82, 2.24) is 0 Å². The Morgan fingerprint density at radius 3 is 1.15 bits per heavy atom. The molecule has 0 N–H and O–H groups in total. The third-order valence-electron chi connectivity index (χ3n) is 10.4. The maximum Gasteiger partial charge on any atom is 0.138 e. The number of nitriles is 2. The molecule has 336 valence electrons. The predicted octanol–water partition coefficient (Wildman–Crippen LogP) is 13.6. The van der Waals surface area contributed by atoms with E-state index in [0.717, 1.165) is 74.1 Å². The van der Waals surface area contributed by atoms with Crippen LogP contribution in [0.25, 0.3) is 22.3 Å². The first-order valence-electron chi connectivity index (χ1n) is 22.6. The zero-order chi connectivity index (χ0) is 46.1. The maximum atomic E-state index is 9.96. The third kappa shape index (κ3) is 16.4. The average molecular weight is 845 g/mol. The standard InChI is InChI=1S/C28H40N2O2.C26H36N2O2/c1-8-18-30(19-9-2)23-15-13-22(14-16-23)24-11-10-12-26(25(24)21-29)32-28(6,7)17-20-31-27(3,4)5;1-8-28(9-2)21-15-13-20(14-16-21)22-11-10-12-24(23(22)19-27)30-26(6,7)17-18-29-25(3,4)5/h10-16H,8-9,17-20H2,1-7H3;10-16H,8-9,17-18H2,1-7H3. The third-order valence-corrected chi connectivity index (χ3v) is 10.4. The summed E-state index contributed by atoms with van der Waals surface area (Å²) in [5.41, 5.74) is 6.15. The second kappa shape index (κ2) is 23.4. The number of ether oxygens (including phenoxy) is 4. The summed E-state index contributed by atoms with van der Waals surface area (Å²) in [6.07, 6.45) is 3.71. The van der Waals surface area contributed by atoms with Gasteiger partial charge in [-0.05, 0) is 143 Å². The van der Waals surface area contributed by atoms with E-state index in [0.29, 0.717) is 35.8 Å². The monoisotopic (exact) mass is 845 g/mol. The number of anilines is 2. The largest absolute Gasteiger partial charge is 0.486 e. The molecule has 0 atom stereocenters. The highest BCUT2D eigenvalue weighted by Crippen LogP contribution is 2.36. The fraction of sp³-hybridized carbons (Fsp3) is 0.519. The van der Waals surface area contributed by atoms with Gasteiger partial charge in [0.1, 0.15) is 46.0 Å². The summed E-state index contributed by atoms with van der Waals surface area (Å²) in [6.45, 7) is 34.4. The summed E-state index contributed by atoms with van der Waals surface area (Å²) in [4.78, 5) is 4.72. The van der Waals surface area contributed by atoms with Gasteiger partial charge in [-0.1, -0.05) is 62.4 Å². The molecule has 0 spiro atoms. The molecule has 4 aromatic carbocycles. The van der Waals surface area contributed by atoms with E-state index in [2.05, 4.69) is 98.2 Å². The summed E-state index contributed by atoms with van der Waals surface area (Å²) in [7, 11) is 0. The van der Waals surface area contributed by atoms with Gasteiger partial charge in [-0.25, -0.2) is 0 Å². The lowest BCUT2D eigenvalue weighted by molar-refractivity contribution is -0.0299. The van der Waals surface area contributed by atoms with E-state index in [4.69, 9.17) is 18.9 Å². The van der Waals surface area contributed by atoms with Crippen LogP contribution in [0.5, 0.6) is 11.5 Å². The van der Waals surface area contributed by atoms with Crippen LogP contribution in [0.1, 0.15) is 134 Å². The molecular formula is C54H76N4O4. The summed E-state index contributed by atoms with van der Waals surface area (Å²) in [5, 5.41) is 19.9. The number of rotatable bonds is 20. The molecule has 4 rings (SSSR count). The van der Waals surface area contributed by atoms with E-state index in [9.17, 15) is 10.5 Å². The zero-order valence-corrected chi connectivity index (χ0v) is 40.6. The molecule has 0 amide bonds. The second-order valence-corrected chi connectivity index (χ2v) is 19.0. The van der Waals surface area contributed by atoms with Crippen molar-refractivity contribution >= 4 is 11.4 Å². The molecule has 0 bridgehead atoms. The molecule has 8 heteroatoms. The van der Waals surface area contributed by atoms with Gasteiger partial charge in [-0.3, -0.25) is 0 Å². The number of hydrogen-bond donors (Lipinski definition) is 0. The van der Waals surface area contributed by atoms with E-state index in [1.54, 1.807) is 0 Å². The number of hydrogen-bond acceptors (Lipinski definition) is 8. The van der Waals surface area contributed by atoms with Gasteiger partial charge in [-0.2, -0.15) is 10.5 Å². The van der Waals surface area contributed by atoms with E-state index in [1.165, 1.54) is 11.4 Å². The highest BCUT2D eigenvalue weighted by Gasteiger charge is 2.26. The van der Waals surface area contributed by atoms with Crippen molar-refractivity contribution in [3.8, 4) is 45.9 Å². The minimum Gasteiger partial charge on any atom is -0.486 e. The first-order valence-corrected chi connectivity index (χ1v) is 22.6. The van der Waals surface area contributed by atoms with Crippen LogP contribution in [0.15, 0.2) is 84.9 Å². The van der Waals surface area contributed by atoms with Crippen molar-refractivity contribution in [2.75, 3.05) is 49.2 Å². The first kappa shape index (κ1) is 51.3. The van der Waals surface area contributed by atoms with E-state index in [-0.39, 0.29) is 11.2 Å². The predicted molar refractivity (Wildman–Crippen MR) is 260 cm³/mol. The fourth-order valence-corrected chi connectivity index (χ4v) is 7.05. The molecule has 0 aromatic heterocycles. The molecule has 0 radical (unpaired) electrons. The first-order chi connectivity index (χ1) is 29.2. The minimum atomic E-state index is -0.444. The van der Waals surface area contributed by atoms with Crippen molar-refractivity contribution in [2.45, 2.75) is 145 Å². The lowest BCUT2D eigenvalue weighted by Gasteiger charge is -2.29. The van der Waals surface area contributed by atoms with Crippen LogP contribution < -0.4 is 19.3 Å². The molecule has 0 fully saturated rings. The second-order valence-electron chi connectivity index (χ2n) is 19.0. The summed E-state index contributed by atoms with van der Waals surface area (Å²) < 4.78 is 24.3. The van der Waals surface area contributed by atoms with Crippen LogP contribution in [0, 0.1) is 22.7 Å². The molecule has 62 heavy (non-hydrogen) atoms. The lowest BCUT2D eigenvalue weighted by Crippen LogP contribution is -2.32. The van der Waals surface area contributed by atoms with Crippen LogP contribution >= 0.6 is 0 Å². The normalized spacial score (nSPS) is 11.8. The van der Waals surface area contributed by atoms with Gasteiger partial charge in [0.25, 0.3) is 0 Å². The smallest absolute Gasteiger partial charge is 0.138 e. The Morgan fingerprint density at radius 1 is 0.484 bits per heavy atom. The van der Waals surface area contributed by atoms with Gasteiger partial charge < -0.3 is 28.7 Å². The topological polar surface area (TPSA) is 91.0 Å². The van der Waals surface area contributed by atoms with Crippen LogP contribution in [0.2, 0.25) is 0 Å². The van der Waals surface area contributed by atoms with Gasteiger partial charge in [0.15, 0.2) is 0 Å². The van der Waals surface area contributed by atoms with Gasteiger partial charge in [0.2, 0.25) is 0 Å². The number of nitrogens with zero attached hydrogens (tertiary/aromatic N) is 4. The van der Waals surface area contributed by atoms with Crippen LogP contribution in [0.4, 0.5) is 11.4 Å². The SMILES string of the molecule is CCCN(CCC)c1ccc(-c2cccc(OC(C)(C)CCOC(C)(C)C)c2C#N)cc1.CCN(CC)c1ccc(-c2cccc(OC(C)(C)CCOC(C)(C)C)c2C#N)cc1. The molecule has 8 nitrogen and oxygen atoms in total. The van der Waals surface area contributed by atoms with Crippen molar-refractivity contribution in [2.24, 2.45) is 0 Å². The maximum absolute atomic E-state index is 9.96. The van der Waals surface area contributed by atoms with E-state index >= 15 is 0 Å². The molecule has 0 aliphatic heterocycles. The molecule has 0 unspecified atom stereocenters. The highest BCUT2D eigenvalue weighted by atomic mass is 16.5. The van der Waals surface area contributed by atoms with Crippen molar-refractivity contribution in [3.63, 3.8) is 0 Å². The van der Waals surface area contributed by atoms with Crippen LogP contribution in [-0.2, 0) is 9.47 Å². The van der Waals surface area contributed by atoms with Crippen molar-refractivity contribution in [3.05, 3.63) is 96.1 Å². The lowest BCUT2D eigenvalue weighted by atomic mass is 9.98. The Balaban J connectivity index is 0.000000331. The molecule has 0 aliphatic rings. The van der Waals surface area contributed by atoms with Gasteiger partial charge >= 0.3 is 0 Å². The molecule has 4 aromatic rings. The molecular weight excluding hydrogens is 769 g/mol. The Hall–Kier alpha value is -5.02. The zero-order valence-electron chi connectivity index (χ0n) is 40.6. The Morgan fingerprint density at radius 2 is 0.839 bits per heavy atom. The Kier molecular flexibility index (Phi) is 19.4. The van der Waals surface area contributed by atoms with Gasteiger partial charge in [-0.15, -0.1) is 0 Å². The quantitative estimate of drug-likeness (QED) is 0.0869. The van der Waals surface area contributed by atoms with Gasteiger partial charge in [0.05, 0.1) is 24.4 Å². The van der Waals surface area contributed by atoms with Crippen LogP contribution in [-0.4, -0.2) is 61.8 Å². The van der Waals surface area contributed by atoms with E-state index in [1.807, 2.05) is 106 Å². The molecule has 0 saturated heterocycles. The molecule has 0 aliphatic carbocycles. The van der Waals surface area contributed by atoms with Crippen molar-refractivity contribution in [1.29, 1.82) is 10.5 Å². The highest BCUT2D eigenvalue weighted by molar-refractivity contribution is 5.76.